The lowest BCUT2D eigenvalue weighted by atomic mass is 10.1. The van der Waals surface area contributed by atoms with Gasteiger partial charge in [0, 0.05) is 19.2 Å². The number of nitro benzene ring substituents is 1. The maximum Gasteiger partial charge on any atom is 0.292 e. The molecule has 0 bridgehead atoms. The van der Waals surface area contributed by atoms with E-state index in [0.29, 0.717) is 13.1 Å². The van der Waals surface area contributed by atoms with Gasteiger partial charge in [0.05, 0.1) is 11.0 Å². The summed E-state index contributed by atoms with van der Waals surface area (Å²) in [5.41, 5.74) is 6.56. The first-order chi connectivity index (χ1) is 7.90. The van der Waals surface area contributed by atoms with Gasteiger partial charge in [0.2, 0.25) is 0 Å². The van der Waals surface area contributed by atoms with Crippen molar-refractivity contribution in [1.82, 2.24) is 4.90 Å². The molecule has 0 saturated heterocycles. The molecule has 1 atom stereocenters. The van der Waals surface area contributed by atoms with Crippen LogP contribution in [-0.4, -0.2) is 34.6 Å². The molecular formula is C11H17N3O3. The number of nitrogen functional groups attached to an aromatic ring is 1. The number of aliphatic hydroxyl groups is 1. The molecule has 17 heavy (non-hydrogen) atoms. The van der Waals surface area contributed by atoms with Crippen LogP contribution < -0.4 is 5.73 Å². The van der Waals surface area contributed by atoms with E-state index in [1.165, 1.54) is 6.07 Å². The number of nitro groups is 1. The molecule has 1 unspecified atom stereocenters. The minimum atomic E-state index is -0.501. The zero-order chi connectivity index (χ0) is 13.0. The number of nitrogens with two attached hydrogens (primary N) is 1. The van der Waals surface area contributed by atoms with Crippen LogP contribution in [0.15, 0.2) is 18.2 Å². The van der Waals surface area contributed by atoms with Gasteiger partial charge in [0.15, 0.2) is 0 Å². The maximum atomic E-state index is 10.6. The summed E-state index contributed by atoms with van der Waals surface area (Å²) < 4.78 is 0. The van der Waals surface area contributed by atoms with Crippen LogP contribution in [0.3, 0.4) is 0 Å². The van der Waals surface area contributed by atoms with Gasteiger partial charge in [0.1, 0.15) is 5.69 Å². The van der Waals surface area contributed by atoms with Crippen molar-refractivity contribution < 1.29 is 10.0 Å². The van der Waals surface area contributed by atoms with Gasteiger partial charge in [0.25, 0.3) is 5.69 Å². The molecule has 0 amide bonds. The van der Waals surface area contributed by atoms with Crippen molar-refractivity contribution in [2.75, 3.05) is 19.3 Å². The standard InChI is InChI=1S/C11H17N3O3/c1-8(15)6-13(2)7-9-3-4-11(14(16)17)10(12)5-9/h3-5,8,15H,6-7,12H2,1-2H3. The van der Waals surface area contributed by atoms with Gasteiger partial charge < -0.3 is 10.8 Å². The molecule has 0 spiro atoms. The molecular weight excluding hydrogens is 222 g/mol. The number of hydrogen-bond donors (Lipinski definition) is 2. The molecule has 94 valence electrons. The summed E-state index contributed by atoms with van der Waals surface area (Å²) in [4.78, 5) is 12.0. The summed E-state index contributed by atoms with van der Waals surface area (Å²) in [7, 11) is 1.87. The molecule has 0 radical (unpaired) electrons. The number of likely N-dealkylation sites (N-methyl/N-ethyl adjacent to an activating group) is 1. The number of nitrogens with zero attached hydrogens (tertiary/aromatic N) is 2. The first kappa shape index (κ1) is 13.4. The van der Waals surface area contributed by atoms with Gasteiger partial charge in [-0.3, -0.25) is 15.0 Å². The van der Waals surface area contributed by atoms with Gasteiger partial charge in [-0.05, 0) is 25.6 Å². The van der Waals surface area contributed by atoms with Crippen LogP contribution in [0.5, 0.6) is 0 Å². The molecule has 0 aliphatic carbocycles. The van der Waals surface area contributed by atoms with Crippen molar-refractivity contribution in [3.05, 3.63) is 33.9 Å². The van der Waals surface area contributed by atoms with E-state index in [1.807, 2.05) is 11.9 Å². The van der Waals surface area contributed by atoms with Crippen molar-refractivity contribution in [2.24, 2.45) is 0 Å². The second-order valence-corrected chi connectivity index (χ2v) is 4.20. The molecule has 0 aromatic heterocycles. The summed E-state index contributed by atoms with van der Waals surface area (Å²) in [5.74, 6) is 0. The van der Waals surface area contributed by atoms with Gasteiger partial charge >= 0.3 is 0 Å². The predicted molar refractivity (Wildman–Crippen MR) is 65.5 cm³/mol. The van der Waals surface area contributed by atoms with E-state index >= 15 is 0 Å². The van der Waals surface area contributed by atoms with Gasteiger partial charge in [-0.25, -0.2) is 0 Å². The predicted octanol–water partition coefficient (Wildman–Crippen LogP) is 0.990. The zero-order valence-corrected chi connectivity index (χ0v) is 9.96. The highest BCUT2D eigenvalue weighted by Crippen LogP contribution is 2.22. The summed E-state index contributed by atoms with van der Waals surface area (Å²) in [6.45, 7) is 2.84. The Kier molecular flexibility index (Phi) is 4.42. The lowest BCUT2D eigenvalue weighted by Crippen LogP contribution is -2.26. The molecule has 6 heteroatoms. The largest absolute Gasteiger partial charge is 0.393 e. The maximum absolute atomic E-state index is 10.6. The summed E-state index contributed by atoms with van der Waals surface area (Å²) in [6.07, 6.45) is -0.407. The molecule has 0 aliphatic rings. The van der Waals surface area contributed by atoms with E-state index < -0.39 is 11.0 Å². The van der Waals surface area contributed by atoms with Crippen molar-refractivity contribution in [3.63, 3.8) is 0 Å². The first-order valence-electron chi connectivity index (χ1n) is 5.29. The summed E-state index contributed by atoms with van der Waals surface area (Å²) in [6, 6.07) is 4.67. The third kappa shape index (κ3) is 4.01. The molecule has 3 N–H and O–H groups in total. The van der Waals surface area contributed by atoms with Crippen LogP contribution in [-0.2, 0) is 6.54 Å². The van der Waals surface area contributed by atoms with Gasteiger partial charge in [-0.15, -0.1) is 0 Å². The zero-order valence-electron chi connectivity index (χ0n) is 9.96. The number of rotatable bonds is 5. The Morgan fingerprint density at radius 1 is 1.59 bits per heavy atom. The van der Waals surface area contributed by atoms with Crippen LogP contribution in [0.25, 0.3) is 0 Å². The van der Waals surface area contributed by atoms with Gasteiger partial charge in [-0.2, -0.15) is 0 Å². The molecule has 6 nitrogen and oxygen atoms in total. The number of aliphatic hydroxyl groups excluding tert-OH is 1. The monoisotopic (exact) mass is 239 g/mol. The Labute approximate surface area is 99.8 Å². The number of anilines is 1. The fraction of sp³-hybridized carbons (Fsp3) is 0.455. The first-order valence-corrected chi connectivity index (χ1v) is 5.29. The van der Waals surface area contributed by atoms with E-state index in [1.54, 1.807) is 19.1 Å². The Morgan fingerprint density at radius 2 is 2.24 bits per heavy atom. The number of hydrogen-bond acceptors (Lipinski definition) is 5. The van der Waals surface area contributed by atoms with Crippen LogP contribution in [0.2, 0.25) is 0 Å². The molecule has 0 heterocycles. The molecule has 0 saturated carbocycles. The molecule has 1 aromatic carbocycles. The summed E-state index contributed by atoms with van der Waals surface area (Å²) in [5, 5.41) is 19.8. The molecule has 0 aliphatic heterocycles. The normalized spacial score (nSPS) is 12.7. The molecule has 1 aromatic rings. The Bertz CT molecular complexity index is 407. The Hall–Kier alpha value is -1.66. The van der Waals surface area contributed by atoms with E-state index in [2.05, 4.69) is 0 Å². The minimum absolute atomic E-state index is 0.0769. The van der Waals surface area contributed by atoms with E-state index in [-0.39, 0.29) is 11.4 Å². The minimum Gasteiger partial charge on any atom is -0.393 e. The quantitative estimate of drug-likeness (QED) is 0.454. The Morgan fingerprint density at radius 3 is 2.71 bits per heavy atom. The molecule has 1 rings (SSSR count). The highest BCUT2D eigenvalue weighted by Gasteiger charge is 2.12. The van der Waals surface area contributed by atoms with Crippen LogP contribution >= 0.6 is 0 Å². The molecule has 0 fully saturated rings. The van der Waals surface area contributed by atoms with Crippen LogP contribution in [0, 0.1) is 10.1 Å². The third-order valence-electron chi connectivity index (χ3n) is 2.32. The van der Waals surface area contributed by atoms with Crippen molar-refractivity contribution >= 4 is 11.4 Å². The van der Waals surface area contributed by atoms with E-state index in [0.717, 1.165) is 5.56 Å². The van der Waals surface area contributed by atoms with Gasteiger partial charge in [-0.1, -0.05) is 6.07 Å². The average Bonchev–Trinajstić information content (AvgIpc) is 2.15. The van der Waals surface area contributed by atoms with Crippen molar-refractivity contribution in [3.8, 4) is 0 Å². The SMILES string of the molecule is CC(O)CN(C)Cc1ccc([N+](=O)[O-])c(N)c1. The second kappa shape index (κ2) is 5.60. The van der Waals surface area contributed by atoms with E-state index in [4.69, 9.17) is 5.73 Å². The van der Waals surface area contributed by atoms with Crippen LogP contribution in [0.4, 0.5) is 11.4 Å². The topological polar surface area (TPSA) is 92.6 Å². The average molecular weight is 239 g/mol. The fourth-order valence-corrected chi connectivity index (χ4v) is 1.70. The lowest BCUT2D eigenvalue weighted by Gasteiger charge is -2.18. The second-order valence-electron chi connectivity index (χ2n) is 4.20. The Balaban J connectivity index is 2.74. The van der Waals surface area contributed by atoms with Crippen molar-refractivity contribution in [2.45, 2.75) is 19.6 Å². The third-order valence-corrected chi connectivity index (χ3v) is 2.32. The highest BCUT2D eigenvalue weighted by atomic mass is 16.6. The smallest absolute Gasteiger partial charge is 0.292 e. The highest BCUT2D eigenvalue weighted by molar-refractivity contribution is 5.59. The van der Waals surface area contributed by atoms with Crippen LogP contribution in [0.1, 0.15) is 12.5 Å². The summed E-state index contributed by atoms with van der Waals surface area (Å²) >= 11 is 0. The fourth-order valence-electron chi connectivity index (χ4n) is 1.70. The van der Waals surface area contributed by atoms with Crippen molar-refractivity contribution in [1.29, 1.82) is 0 Å². The lowest BCUT2D eigenvalue weighted by molar-refractivity contribution is -0.383. The number of benzene rings is 1. The van der Waals surface area contributed by atoms with E-state index in [9.17, 15) is 15.2 Å².